The summed E-state index contributed by atoms with van der Waals surface area (Å²) in [5.41, 5.74) is 3.92. The number of amides is 1. The van der Waals surface area contributed by atoms with Gasteiger partial charge in [-0.25, -0.2) is 4.98 Å². The van der Waals surface area contributed by atoms with Crippen molar-refractivity contribution >= 4 is 39.2 Å². The molecule has 0 aliphatic heterocycles. The molecule has 0 unspecified atom stereocenters. The summed E-state index contributed by atoms with van der Waals surface area (Å²) < 4.78 is 2.34. The third-order valence-electron chi connectivity index (χ3n) is 5.37. The molecule has 1 amide bonds. The van der Waals surface area contributed by atoms with Crippen molar-refractivity contribution in [1.29, 1.82) is 0 Å². The SMILES string of the molecule is CCn1c(SCC(=O)NC2CCCC2)nc2c(-c3ccc(C)cc3)csc2c1=O. The highest BCUT2D eigenvalue weighted by atomic mass is 32.2. The van der Waals surface area contributed by atoms with Crippen LogP contribution in [0.3, 0.4) is 0 Å². The van der Waals surface area contributed by atoms with E-state index in [0.717, 1.165) is 29.5 Å². The van der Waals surface area contributed by atoms with Crippen LogP contribution in [0.2, 0.25) is 0 Å². The van der Waals surface area contributed by atoms with Gasteiger partial charge in [-0.15, -0.1) is 11.3 Å². The Morgan fingerprint density at radius 2 is 2.00 bits per heavy atom. The fourth-order valence-corrected chi connectivity index (χ4v) is 5.61. The number of aromatic nitrogens is 2. The molecule has 1 N–H and O–H groups in total. The van der Waals surface area contributed by atoms with Gasteiger partial charge in [0.2, 0.25) is 5.91 Å². The Kier molecular flexibility index (Phi) is 6.06. The van der Waals surface area contributed by atoms with E-state index >= 15 is 0 Å². The van der Waals surface area contributed by atoms with Crippen molar-refractivity contribution in [3.63, 3.8) is 0 Å². The number of rotatable bonds is 6. The summed E-state index contributed by atoms with van der Waals surface area (Å²) in [5, 5.41) is 5.72. The van der Waals surface area contributed by atoms with Gasteiger partial charge >= 0.3 is 0 Å². The molecule has 2 heterocycles. The number of aryl methyl sites for hydroxylation is 1. The molecule has 1 aliphatic carbocycles. The largest absolute Gasteiger partial charge is 0.353 e. The van der Waals surface area contributed by atoms with Crippen LogP contribution in [-0.2, 0) is 11.3 Å². The smallest absolute Gasteiger partial charge is 0.272 e. The van der Waals surface area contributed by atoms with Crippen molar-refractivity contribution in [3.05, 3.63) is 45.6 Å². The summed E-state index contributed by atoms with van der Waals surface area (Å²) in [7, 11) is 0. The molecular formula is C22H25N3O2S2. The lowest BCUT2D eigenvalue weighted by molar-refractivity contribution is -0.119. The van der Waals surface area contributed by atoms with Gasteiger partial charge < -0.3 is 5.32 Å². The number of hydrogen-bond donors (Lipinski definition) is 1. The number of nitrogens with zero attached hydrogens (tertiary/aromatic N) is 2. The van der Waals surface area contributed by atoms with Crippen LogP contribution in [0.4, 0.5) is 0 Å². The second kappa shape index (κ2) is 8.71. The lowest BCUT2D eigenvalue weighted by Crippen LogP contribution is -2.34. The highest BCUT2D eigenvalue weighted by Crippen LogP contribution is 2.32. The number of nitrogens with one attached hydrogen (secondary N) is 1. The first kappa shape index (κ1) is 20.2. The molecule has 0 atom stereocenters. The van der Waals surface area contributed by atoms with E-state index in [1.165, 1.54) is 41.5 Å². The fraction of sp³-hybridized carbons (Fsp3) is 0.409. The molecule has 29 heavy (non-hydrogen) atoms. The van der Waals surface area contributed by atoms with Crippen LogP contribution in [0, 0.1) is 6.92 Å². The van der Waals surface area contributed by atoms with Gasteiger partial charge in [0.1, 0.15) is 4.70 Å². The van der Waals surface area contributed by atoms with Crippen LogP contribution in [0.5, 0.6) is 0 Å². The van der Waals surface area contributed by atoms with Crippen LogP contribution >= 0.6 is 23.1 Å². The Balaban J connectivity index is 1.63. The van der Waals surface area contributed by atoms with Crippen molar-refractivity contribution in [1.82, 2.24) is 14.9 Å². The van der Waals surface area contributed by atoms with E-state index in [1.807, 2.05) is 12.3 Å². The van der Waals surface area contributed by atoms with Crippen LogP contribution in [0.15, 0.2) is 39.6 Å². The molecule has 0 bridgehead atoms. The van der Waals surface area contributed by atoms with Crippen LogP contribution in [-0.4, -0.2) is 27.3 Å². The standard InChI is InChI=1S/C22H25N3O2S2/c1-3-25-21(27)20-19(17(12-28-20)15-10-8-14(2)9-11-15)24-22(25)29-13-18(26)23-16-6-4-5-7-16/h8-12,16H,3-7,13H2,1-2H3,(H,23,26). The summed E-state index contributed by atoms with van der Waals surface area (Å²) in [6.45, 7) is 4.53. The Bertz CT molecular complexity index is 1080. The topological polar surface area (TPSA) is 64.0 Å². The predicted molar refractivity (Wildman–Crippen MR) is 121 cm³/mol. The first-order chi connectivity index (χ1) is 14.1. The van der Waals surface area contributed by atoms with E-state index in [-0.39, 0.29) is 17.2 Å². The molecule has 0 spiro atoms. The van der Waals surface area contributed by atoms with Gasteiger partial charge in [0.15, 0.2) is 5.16 Å². The van der Waals surface area contributed by atoms with E-state index in [4.69, 9.17) is 4.98 Å². The van der Waals surface area contributed by atoms with E-state index < -0.39 is 0 Å². The molecule has 152 valence electrons. The second-order valence-corrected chi connectivity index (χ2v) is 9.30. The maximum Gasteiger partial charge on any atom is 0.272 e. The Hall–Kier alpha value is -2.12. The zero-order chi connectivity index (χ0) is 20.4. The minimum absolute atomic E-state index is 0.0166. The molecule has 1 aromatic carbocycles. The zero-order valence-electron chi connectivity index (χ0n) is 16.7. The van der Waals surface area contributed by atoms with Crippen molar-refractivity contribution in [2.45, 2.75) is 57.3 Å². The number of thioether (sulfide) groups is 1. The normalized spacial score (nSPS) is 14.6. The summed E-state index contributed by atoms with van der Waals surface area (Å²) >= 11 is 2.79. The highest BCUT2D eigenvalue weighted by Gasteiger charge is 2.19. The average molecular weight is 428 g/mol. The summed E-state index contributed by atoms with van der Waals surface area (Å²) in [5.74, 6) is 0.293. The monoisotopic (exact) mass is 427 g/mol. The summed E-state index contributed by atoms with van der Waals surface area (Å²) in [6.07, 6.45) is 4.50. The van der Waals surface area contributed by atoms with E-state index in [9.17, 15) is 9.59 Å². The molecule has 4 rings (SSSR count). The van der Waals surface area contributed by atoms with Crippen molar-refractivity contribution in [3.8, 4) is 11.1 Å². The maximum absolute atomic E-state index is 13.0. The van der Waals surface area contributed by atoms with Gasteiger partial charge in [0.25, 0.3) is 5.56 Å². The van der Waals surface area contributed by atoms with Gasteiger partial charge in [-0.1, -0.05) is 54.4 Å². The lowest BCUT2D eigenvalue weighted by atomic mass is 10.1. The summed E-state index contributed by atoms with van der Waals surface area (Å²) in [4.78, 5) is 30.2. The predicted octanol–water partition coefficient (Wildman–Crippen LogP) is 4.60. The van der Waals surface area contributed by atoms with Crippen molar-refractivity contribution in [2.24, 2.45) is 0 Å². The first-order valence-electron chi connectivity index (χ1n) is 10.1. The Morgan fingerprint density at radius 1 is 1.28 bits per heavy atom. The fourth-order valence-electron chi connectivity index (χ4n) is 3.78. The Labute approximate surface area is 178 Å². The van der Waals surface area contributed by atoms with Gasteiger partial charge in [-0.2, -0.15) is 0 Å². The van der Waals surface area contributed by atoms with Crippen LogP contribution in [0.1, 0.15) is 38.2 Å². The van der Waals surface area contributed by atoms with E-state index in [1.54, 1.807) is 4.57 Å². The van der Waals surface area contributed by atoms with Crippen molar-refractivity contribution < 1.29 is 4.79 Å². The number of thiophene rings is 1. The van der Waals surface area contributed by atoms with Crippen LogP contribution in [0.25, 0.3) is 21.3 Å². The Morgan fingerprint density at radius 3 is 2.69 bits per heavy atom. The molecule has 3 aromatic rings. The zero-order valence-corrected chi connectivity index (χ0v) is 18.4. The number of fused-ring (bicyclic) bond motifs is 1. The molecule has 1 fully saturated rings. The second-order valence-electron chi connectivity index (χ2n) is 7.47. The van der Waals surface area contributed by atoms with Crippen LogP contribution < -0.4 is 10.9 Å². The molecular weight excluding hydrogens is 402 g/mol. The van der Waals surface area contributed by atoms with E-state index in [0.29, 0.717) is 22.4 Å². The molecule has 5 nitrogen and oxygen atoms in total. The molecule has 2 aromatic heterocycles. The summed E-state index contributed by atoms with van der Waals surface area (Å²) in [6, 6.07) is 8.55. The van der Waals surface area contributed by atoms with Gasteiger partial charge in [0.05, 0.1) is 11.3 Å². The first-order valence-corrected chi connectivity index (χ1v) is 11.9. The third-order valence-corrected chi connectivity index (χ3v) is 7.31. The van der Waals surface area contributed by atoms with Gasteiger partial charge in [-0.05, 0) is 32.3 Å². The van der Waals surface area contributed by atoms with Crippen molar-refractivity contribution in [2.75, 3.05) is 5.75 Å². The van der Waals surface area contributed by atoms with E-state index in [2.05, 4.69) is 36.5 Å². The maximum atomic E-state index is 13.0. The highest BCUT2D eigenvalue weighted by molar-refractivity contribution is 7.99. The molecule has 1 aliphatic rings. The molecule has 0 saturated heterocycles. The molecule has 1 saturated carbocycles. The lowest BCUT2D eigenvalue weighted by Gasteiger charge is -2.13. The quantitative estimate of drug-likeness (QED) is 0.461. The molecule has 7 heteroatoms. The molecule has 0 radical (unpaired) electrons. The number of carbonyl (C=O) groups is 1. The minimum Gasteiger partial charge on any atom is -0.353 e. The number of benzene rings is 1. The van der Waals surface area contributed by atoms with Gasteiger partial charge in [0, 0.05) is 23.5 Å². The third kappa shape index (κ3) is 4.26. The number of carbonyl (C=O) groups excluding carboxylic acids is 1. The van der Waals surface area contributed by atoms with Gasteiger partial charge in [-0.3, -0.25) is 14.2 Å². The number of hydrogen-bond acceptors (Lipinski definition) is 5. The average Bonchev–Trinajstić information content (AvgIpc) is 3.37. The minimum atomic E-state index is -0.0282.